The third-order valence-corrected chi connectivity index (χ3v) is 2.27. The minimum absolute atomic E-state index is 0.0782. The van der Waals surface area contributed by atoms with Gasteiger partial charge in [-0.1, -0.05) is 25.0 Å². The second-order valence-corrected chi connectivity index (χ2v) is 3.40. The number of rotatable bonds is 4. The van der Waals surface area contributed by atoms with Crippen LogP contribution in [0.3, 0.4) is 0 Å². The van der Waals surface area contributed by atoms with Crippen LogP contribution >= 0.6 is 0 Å². The Morgan fingerprint density at radius 2 is 2.27 bits per heavy atom. The molecule has 0 fully saturated rings. The second-order valence-electron chi connectivity index (χ2n) is 3.40. The molecule has 1 unspecified atom stereocenters. The summed E-state index contributed by atoms with van der Waals surface area (Å²) in [5.74, 6) is 3.57. The molecule has 0 bridgehead atoms. The van der Waals surface area contributed by atoms with E-state index in [1.54, 1.807) is 7.11 Å². The summed E-state index contributed by atoms with van der Waals surface area (Å²) < 4.78 is 5.32. The molecule has 1 aromatic carbocycles. The first-order chi connectivity index (χ1) is 7.22. The summed E-state index contributed by atoms with van der Waals surface area (Å²) >= 11 is 0. The van der Waals surface area contributed by atoms with Crippen molar-refractivity contribution in [3.8, 4) is 18.1 Å². The van der Waals surface area contributed by atoms with Crippen molar-refractivity contribution in [3.63, 3.8) is 0 Å². The minimum atomic E-state index is -0.0782. The standard InChI is InChI=1S/C13H17NO/c1-5-12(14-6-2)11-8-7-10(3)9-13(11)15-4/h1,7-9,12,14H,6H2,2-4H3. The highest BCUT2D eigenvalue weighted by atomic mass is 16.5. The summed E-state index contributed by atoms with van der Waals surface area (Å²) in [7, 11) is 1.66. The molecule has 0 amide bonds. The van der Waals surface area contributed by atoms with Gasteiger partial charge in [0.2, 0.25) is 0 Å². The van der Waals surface area contributed by atoms with Crippen molar-refractivity contribution in [3.05, 3.63) is 29.3 Å². The molecule has 0 aliphatic rings. The molecule has 1 atom stereocenters. The monoisotopic (exact) mass is 203 g/mol. The van der Waals surface area contributed by atoms with E-state index in [1.807, 2.05) is 32.0 Å². The largest absolute Gasteiger partial charge is 0.496 e. The molecule has 0 saturated heterocycles. The lowest BCUT2D eigenvalue weighted by molar-refractivity contribution is 0.405. The van der Waals surface area contributed by atoms with Crippen LogP contribution in [0.5, 0.6) is 5.75 Å². The van der Waals surface area contributed by atoms with Crippen LogP contribution in [0.15, 0.2) is 18.2 Å². The van der Waals surface area contributed by atoms with E-state index >= 15 is 0 Å². The van der Waals surface area contributed by atoms with E-state index in [0.717, 1.165) is 17.9 Å². The van der Waals surface area contributed by atoms with Crippen molar-refractivity contribution < 1.29 is 4.74 Å². The number of ether oxygens (including phenoxy) is 1. The van der Waals surface area contributed by atoms with Crippen molar-refractivity contribution >= 4 is 0 Å². The van der Waals surface area contributed by atoms with E-state index in [1.165, 1.54) is 5.56 Å². The lowest BCUT2D eigenvalue weighted by Gasteiger charge is -2.16. The Hall–Kier alpha value is -1.46. The predicted molar refractivity (Wildman–Crippen MR) is 63.0 cm³/mol. The molecule has 1 rings (SSSR count). The van der Waals surface area contributed by atoms with Gasteiger partial charge in [0.05, 0.1) is 13.2 Å². The molecule has 2 nitrogen and oxygen atoms in total. The molecule has 0 aliphatic carbocycles. The highest BCUT2D eigenvalue weighted by molar-refractivity contribution is 5.42. The maximum Gasteiger partial charge on any atom is 0.124 e. The zero-order chi connectivity index (χ0) is 11.3. The van der Waals surface area contributed by atoms with Crippen LogP contribution in [0.2, 0.25) is 0 Å². The van der Waals surface area contributed by atoms with E-state index in [9.17, 15) is 0 Å². The molecule has 1 N–H and O–H groups in total. The van der Waals surface area contributed by atoms with Gasteiger partial charge < -0.3 is 10.1 Å². The maximum atomic E-state index is 5.48. The highest BCUT2D eigenvalue weighted by Gasteiger charge is 2.12. The van der Waals surface area contributed by atoms with Crippen LogP contribution < -0.4 is 10.1 Å². The zero-order valence-corrected chi connectivity index (χ0v) is 9.50. The first-order valence-electron chi connectivity index (χ1n) is 5.07. The summed E-state index contributed by atoms with van der Waals surface area (Å²) in [4.78, 5) is 0. The molecule has 1 aromatic rings. The number of terminal acetylenes is 1. The Balaban J connectivity index is 3.06. The Labute approximate surface area is 91.6 Å². The highest BCUT2D eigenvalue weighted by Crippen LogP contribution is 2.25. The molecule has 0 spiro atoms. The lowest BCUT2D eigenvalue weighted by atomic mass is 10.0. The molecule has 0 heterocycles. The van der Waals surface area contributed by atoms with Crippen LogP contribution in [0.1, 0.15) is 24.1 Å². The summed E-state index contributed by atoms with van der Waals surface area (Å²) in [6, 6.07) is 5.98. The van der Waals surface area contributed by atoms with E-state index in [-0.39, 0.29) is 6.04 Å². The lowest BCUT2D eigenvalue weighted by Crippen LogP contribution is -2.19. The maximum absolute atomic E-state index is 5.48. The van der Waals surface area contributed by atoms with Crippen molar-refractivity contribution in [1.29, 1.82) is 0 Å². The van der Waals surface area contributed by atoms with Gasteiger partial charge in [0.1, 0.15) is 5.75 Å². The molecule has 0 aliphatic heterocycles. The summed E-state index contributed by atoms with van der Waals surface area (Å²) in [6.45, 7) is 4.90. The van der Waals surface area contributed by atoms with E-state index < -0.39 is 0 Å². The fourth-order valence-corrected chi connectivity index (χ4v) is 1.52. The van der Waals surface area contributed by atoms with Gasteiger partial charge in [0.15, 0.2) is 0 Å². The van der Waals surface area contributed by atoms with Crippen LogP contribution in [0, 0.1) is 19.3 Å². The van der Waals surface area contributed by atoms with Gasteiger partial charge in [0.25, 0.3) is 0 Å². The average Bonchev–Trinajstić information content (AvgIpc) is 2.26. The van der Waals surface area contributed by atoms with Crippen molar-refractivity contribution in [1.82, 2.24) is 5.32 Å². The molecule has 2 heteroatoms. The molecular weight excluding hydrogens is 186 g/mol. The molecule has 0 aromatic heterocycles. The summed E-state index contributed by atoms with van der Waals surface area (Å²) in [5, 5.41) is 3.23. The molecule has 80 valence electrons. The topological polar surface area (TPSA) is 21.3 Å². The minimum Gasteiger partial charge on any atom is -0.496 e. The molecule has 15 heavy (non-hydrogen) atoms. The SMILES string of the molecule is C#CC(NCC)c1ccc(C)cc1OC. The Morgan fingerprint density at radius 3 is 2.80 bits per heavy atom. The van der Waals surface area contributed by atoms with Crippen molar-refractivity contribution in [2.45, 2.75) is 19.9 Å². The van der Waals surface area contributed by atoms with E-state index in [2.05, 4.69) is 11.2 Å². The fraction of sp³-hybridized carbons (Fsp3) is 0.385. The third kappa shape index (κ3) is 2.74. The third-order valence-electron chi connectivity index (χ3n) is 2.27. The Kier molecular flexibility index (Phi) is 4.20. The summed E-state index contributed by atoms with van der Waals surface area (Å²) in [5.41, 5.74) is 2.19. The van der Waals surface area contributed by atoms with Gasteiger partial charge in [-0.05, 0) is 25.1 Å². The Bertz CT molecular complexity index is 365. The van der Waals surface area contributed by atoms with Gasteiger partial charge >= 0.3 is 0 Å². The average molecular weight is 203 g/mol. The predicted octanol–water partition coefficient (Wildman–Crippen LogP) is 2.29. The van der Waals surface area contributed by atoms with Gasteiger partial charge in [-0.3, -0.25) is 0 Å². The van der Waals surface area contributed by atoms with E-state index in [0.29, 0.717) is 0 Å². The summed E-state index contributed by atoms with van der Waals surface area (Å²) in [6.07, 6.45) is 5.48. The van der Waals surface area contributed by atoms with Crippen LogP contribution in [0.4, 0.5) is 0 Å². The number of nitrogens with one attached hydrogen (secondary N) is 1. The first kappa shape index (κ1) is 11.6. The smallest absolute Gasteiger partial charge is 0.124 e. The van der Waals surface area contributed by atoms with Crippen LogP contribution in [-0.4, -0.2) is 13.7 Å². The van der Waals surface area contributed by atoms with E-state index in [4.69, 9.17) is 11.2 Å². The van der Waals surface area contributed by atoms with Gasteiger partial charge in [-0.15, -0.1) is 6.42 Å². The number of aryl methyl sites for hydroxylation is 1. The second kappa shape index (κ2) is 5.43. The number of hydrogen-bond acceptors (Lipinski definition) is 2. The first-order valence-corrected chi connectivity index (χ1v) is 5.07. The Morgan fingerprint density at radius 1 is 1.53 bits per heavy atom. The quantitative estimate of drug-likeness (QED) is 0.758. The fourth-order valence-electron chi connectivity index (χ4n) is 1.52. The molecule has 0 radical (unpaired) electrons. The van der Waals surface area contributed by atoms with Gasteiger partial charge in [0, 0.05) is 5.56 Å². The molecular formula is C13H17NO. The number of benzene rings is 1. The van der Waals surface area contributed by atoms with Crippen LogP contribution in [0.25, 0.3) is 0 Å². The number of hydrogen-bond donors (Lipinski definition) is 1. The van der Waals surface area contributed by atoms with Crippen molar-refractivity contribution in [2.75, 3.05) is 13.7 Å². The van der Waals surface area contributed by atoms with Gasteiger partial charge in [-0.2, -0.15) is 0 Å². The van der Waals surface area contributed by atoms with Crippen LogP contribution in [-0.2, 0) is 0 Å². The van der Waals surface area contributed by atoms with Gasteiger partial charge in [-0.25, -0.2) is 0 Å². The zero-order valence-electron chi connectivity index (χ0n) is 9.50. The van der Waals surface area contributed by atoms with Crippen molar-refractivity contribution in [2.24, 2.45) is 0 Å². The molecule has 0 saturated carbocycles. The number of methoxy groups -OCH3 is 1. The normalized spacial score (nSPS) is 11.9.